The van der Waals surface area contributed by atoms with E-state index in [9.17, 15) is 31.5 Å². The molecule has 1 aliphatic carbocycles. The highest BCUT2D eigenvalue weighted by Crippen LogP contribution is 2.48. The molecule has 114 valence electrons. The molecule has 2 unspecified atom stereocenters. The van der Waals surface area contributed by atoms with Crippen molar-refractivity contribution in [2.75, 3.05) is 5.75 Å². The fourth-order valence-corrected chi connectivity index (χ4v) is 3.63. The van der Waals surface area contributed by atoms with E-state index in [0.717, 1.165) is 11.8 Å². The standard InChI is InChI=1S/C10H10F5NO3S/c11-9(12,10(13,14)15)8(19)16-5(7(17)18)3-20-6(16)4-1-2-4/h4-6H,1-3H2,(H,17,18). The van der Waals surface area contributed by atoms with Gasteiger partial charge in [0.2, 0.25) is 0 Å². The predicted molar refractivity (Wildman–Crippen MR) is 58.2 cm³/mol. The minimum atomic E-state index is -6.03. The topological polar surface area (TPSA) is 57.6 Å². The molecule has 10 heteroatoms. The first kappa shape index (κ1) is 15.3. The van der Waals surface area contributed by atoms with Gasteiger partial charge in [0, 0.05) is 5.75 Å². The highest BCUT2D eigenvalue weighted by Gasteiger charge is 2.67. The Kier molecular flexibility index (Phi) is 3.64. The zero-order valence-electron chi connectivity index (χ0n) is 9.86. The highest BCUT2D eigenvalue weighted by molar-refractivity contribution is 8.00. The molecule has 0 bridgehead atoms. The van der Waals surface area contributed by atoms with Crippen molar-refractivity contribution in [3.63, 3.8) is 0 Å². The second kappa shape index (κ2) is 4.74. The number of carboxylic acid groups (broad SMARTS) is 1. The number of carbonyl (C=O) groups excluding carboxylic acids is 1. The molecule has 0 radical (unpaired) electrons. The number of thioether (sulfide) groups is 1. The SMILES string of the molecule is O=C(O)C1CSC(C2CC2)N1C(=O)C(F)(F)C(F)(F)F. The first-order valence-electron chi connectivity index (χ1n) is 5.69. The maximum atomic E-state index is 13.2. The van der Waals surface area contributed by atoms with E-state index in [-0.39, 0.29) is 16.6 Å². The molecule has 0 aromatic rings. The predicted octanol–water partition coefficient (Wildman–Crippen LogP) is 1.95. The number of hydrogen-bond donors (Lipinski definition) is 1. The van der Waals surface area contributed by atoms with Gasteiger partial charge in [-0.3, -0.25) is 4.79 Å². The van der Waals surface area contributed by atoms with Crippen molar-refractivity contribution in [1.82, 2.24) is 4.90 Å². The van der Waals surface area contributed by atoms with Gasteiger partial charge in [-0.25, -0.2) is 4.79 Å². The molecule has 2 rings (SSSR count). The lowest BCUT2D eigenvalue weighted by atomic mass is 10.2. The van der Waals surface area contributed by atoms with Gasteiger partial charge in [-0.1, -0.05) is 0 Å². The summed E-state index contributed by atoms with van der Waals surface area (Å²) in [7, 11) is 0. The zero-order valence-corrected chi connectivity index (χ0v) is 10.7. The normalized spacial score (nSPS) is 27.8. The van der Waals surface area contributed by atoms with Gasteiger partial charge in [0.1, 0.15) is 6.04 Å². The van der Waals surface area contributed by atoms with E-state index in [1.165, 1.54) is 0 Å². The molecule has 2 fully saturated rings. The van der Waals surface area contributed by atoms with Crippen molar-refractivity contribution in [2.45, 2.75) is 36.4 Å². The van der Waals surface area contributed by atoms with Crippen molar-refractivity contribution in [3.8, 4) is 0 Å². The molecule has 20 heavy (non-hydrogen) atoms. The Bertz CT molecular complexity index is 437. The van der Waals surface area contributed by atoms with Crippen LogP contribution < -0.4 is 0 Å². The number of rotatable bonds is 3. The first-order chi connectivity index (χ1) is 9.07. The van der Waals surface area contributed by atoms with Crippen LogP contribution in [0.25, 0.3) is 0 Å². The molecule has 0 spiro atoms. The zero-order chi connectivity index (χ0) is 15.3. The fourth-order valence-electron chi connectivity index (χ4n) is 2.00. The Morgan fingerprint density at radius 1 is 1.15 bits per heavy atom. The summed E-state index contributed by atoms with van der Waals surface area (Å²) < 4.78 is 63.1. The van der Waals surface area contributed by atoms with Crippen molar-refractivity contribution < 1.29 is 36.6 Å². The lowest BCUT2D eigenvalue weighted by Crippen LogP contribution is -2.57. The van der Waals surface area contributed by atoms with Crippen molar-refractivity contribution in [1.29, 1.82) is 0 Å². The second-order valence-electron chi connectivity index (χ2n) is 4.70. The molecule has 1 aliphatic heterocycles. The Hall–Kier alpha value is -1.06. The average Bonchev–Trinajstić information content (AvgIpc) is 3.05. The van der Waals surface area contributed by atoms with Crippen molar-refractivity contribution in [3.05, 3.63) is 0 Å². The lowest BCUT2D eigenvalue weighted by molar-refractivity contribution is -0.275. The van der Waals surface area contributed by atoms with Gasteiger partial charge in [0.05, 0.1) is 5.37 Å². The molecule has 4 nitrogen and oxygen atoms in total. The molecule has 1 N–H and O–H groups in total. The largest absolute Gasteiger partial charge is 0.480 e. The number of carbonyl (C=O) groups is 2. The van der Waals surface area contributed by atoms with Gasteiger partial charge < -0.3 is 10.0 Å². The number of aliphatic carboxylic acids is 1. The van der Waals surface area contributed by atoms with Crippen LogP contribution in [0.4, 0.5) is 22.0 Å². The summed E-state index contributed by atoms with van der Waals surface area (Å²) in [5, 5.41) is 7.97. The van der Waals surface area contributed by atoms with Crippen LogP contribution in [-0.2, 0) is 9.59 Å². The Morgan fingerprint density at radius 3 is 2.10 bits per heavy atom. The van der Waals surface area contributed by atoms with Crippen LogP contribution >= 0.6 is 11.8 Å². The fraction of sp³-hybridized carbons (Fsp3) is 0.800. The molecule has 0 aromatic heterocycles. The second-order valence-corrected chi connectivity index (χ2v) is 5.85. The Labute approximate surface area is 114 Å². The quantitative estimate of drug-likeness (QED) is 0.808. The number of nitrogens with zero attached hydrogens (tertiary/aromatic N) is 1. The van der Waals surface area contributed by atoms with Gasteiger partial charge in [-0.05, 0) is 18.8 Å². The highest BCUT2D eigenvalue weighted by atomic mass is 32.2. The summed E-state index contributed by atoms with van der Waals surface area (Å²) >= 11 is 0.936. The van der Waals surface area contributed by atoms with Crippen molar-refractivity contribution >= 4 is 23.6 Å². The van der Waals surface area contributed by atoms with E-state index >= 15 is 0 Å². The summed E-state index contributed by atoms with van der Waals surface area (Å²) in [6.45, 7) is 0. The molecule has 1 saturated carbocycles. The van der Waals surface area contributed by atoms with Gasteiger partial charge >= 0.3 is 24.0 Å². The number of halogens is 5. The van der Waals surface area contributed by atoms with Crippen LogP contribution in [0.5, 0.6) is 0 Å². The van der Waals surface area contributed by atoms with Gasteiger partial charge in [-0.2, -0.15) is 22.0 Å². The Morgan fingerprint density at radius 2 is 1.70 bits per heavy atom. The number of amides is 1. The van der Waals surface area contributed by atoms with Crippen LogP contribution in [0, 0.1) is 5.92 Å². The van der Waals surface area contributed by atoms with Crippen LogP contribution in [-0.4, -0.2) is 51.2 Å². The third kappa shape index (κ3) is 2.45. The van der Waals surface area contributed by atoms with E-state index < -0.39 is 35.4 Å². The summed E-state index contributed by atoms with van der Waals surface area (Å²) in [6, 6.07) is -1.65. The van der Waals surface area contributed by atoms with Crippen LogP contribution in [0.2, 0.25) is 0 Å². The lowest BCUT2D eigenvalue weighted by Gasteiger charge is -2.31. The number of hydrogen-bond acceptors (Lipinski definition) is 3. The maximum absolute atomic E-state index is 13.2. The average molecular weight is 319 g/mol. The number of alkyl halides is 5. The maximum Gasteiger partial charge on any atom is 0.463 e. The van der Waals surface area contributed by atoms with Gasteiger partial charge in [-0.15, -0.1) is 11.8 Å². The molecule has 1 saturated heterocycles. The summed E-state index contributed by atoms with van der Waals surface area (Å²) in [6.07, 6.45) is -4.86. The van der Waals surface area contributed by atoms with Crippen LogP contribution in [0.15, 0.2) is 0 Å². The van der Waals surface area contributed by atoms with Gasteiger partial charge in [0.15, 0.2) is 0 Å². The van der Waals surface area contributed by atoms with Gasteiger partial charge in [0.25, 0.3) is 0 Å². The third-order valence-electron chi connectivity index (χ3n) is 3.20. The molecule has 2 aliphatic rings. The monoisotopic (exact) mass is 319 g/mol. The number of carboxylic acids is 1. The Balaban J connectivity index is 2.30. The molecular formula is C10H10F5NO3S. The van der Waals surface area contributed by atoms with E-state index in [4.69, 9.17) is 5.11 Å². The molecule has 1 heterocycles. The molecule has 0 aromatic carbocycles. The smallest absolute Gasteiger partial charge is 0.463 e. The molecule has 2 atom stereocenters. The summed E-state index contributed by atoms with van der Waals surface area (Å²) in [5.41, 5.74) is 0. The molecular weight excluding hydrogens is 309 g/mol. The van der Waals surface area contributed by atoms with E-state index in [1.807, 2.05) is 0 Å². The van der Waals surface area contributed by atoms with E-state index in [0.29, 0.717) is 12.8 Å². The van der Waals surface area contributed by atoms with Crippen molar-refractivity contribution in [2.24, 2.45) is 5.92 Å². The minimum absolute atomic E-state index is 0.184. The van der Waals surface area contributed by atoms with E-state index in [1.54, 1.807) is 0 Å². The van der Waals surface area contributed by atoms with E-state index in [2.05, 4.69) is 0 Å². The van der Waals surface area contributed by atoms with Crippen LogP contribution in [0.1, 0.15) is 12.8 Å². The van der Waals surface area contributed by atoms with Crippen LogP contribution in [0.3, 0.4) is 0 Å². The minimum Gasteiger partial charge on any atom is -0.480 e. The summed E-state index contributed by atoms with van der Waals surface area (Å²) in [4.78, 5) is 22.7. The third-order valence-corrected chi connectivity index (χ3v) is 4.67. The first-order valence-corrected chi connectivity index (χ1v) is 6.74. The molecule has 1 amide bonds. The summed E-state index contributed by atoms with van der Waals surface area (Å²) in [5.74, 6) is -10.0.